The van der Waals surface area contributed by atoms with Crippen molar-refractivity contribution in [3.05, 3.63) is 28.2 Å². The number of benzene rings is 1. The Hall–Kier alpha value is -0.580. The van der Waals surface area contributed by atoms with Gasteiger partial charge in [0.2, 0.25) is 0 Å². The predicted molar refractivity (Wildman–Crippen MR) is 66.8 cm³/mol. The number of ether oxygens (including phenoxy) is 2. The lowest BCUT2D eigenvalue weighted by atomic mass is 10.2. The van der Waals surface area contributed by atoms with Gasteiger partial charge in [0.15, 0.2) is 0 Å². The van der Waals surface area contributed by atoms with Crippen LogP contribution in [0.2, 0.25) is 0 Å². The molecule has 4 heteroatoms. The van der Waals surface area contributed by atoms with Gasteiger partial charge in [-0.05, 0) is 40.7 Å². The molecule has 0 bridgehead atoms. The van der Waals surface area contributed by atoms with Crippen molar-refractivity contribution in [1.29, 1.82) is 0 Å². The highest BCUT2D eigenvalue weighted by Crippen LogP contribution is 2.28. The van der Waals surface area contributed by atoms with Crippen LogP contribution in [0.5, 0.6) is 5.75 Å². The van der Waals surface area contributed by atoms with Crippen LogP contribution in [0.4, 0.5) is 0 Å². The Bertz CT molecular complexity index is 351. The van der Waals surface area contributed by atoms with Crippen molar-refractivity contribution in [2.45, 2.75) is 19.1 Å². The second-order valence-corrected chi connectivity index (χ2v) is 4.75. The van der Waals surface area contributed by atoms with Gasteiger partial charge in [0.1, 0.15) is 11.9 Å². The maximum atomic E-state index is 5.85. The first kappa shape index (κ1) is 11.9. The lowest BCUT2D eigenvalue weighted by Gasteiger charge is -2.14. The van der Waals surface area contributed by atoms with Gasteiger partial charge in [-0.3, -0.25) is 0 Å². The molecule has 0 aromatic heterocycles. The summed E-state index contributed by atoms with van der Waals surface area (Å²) in [6.45, 7) is 2.37. The van der Waals surface area contributed by atoms with Gasteiger partial charge in [-0.15, -0.1) is 0 Å². The average Bonchev–Trinajstić information content (AvgIpc) is 2.75. The van der Waals surface area contributed by atoms with E-state index in [1.807, 2.05) is 13.1 Å². The van der Waals surface area contributed by atoms with Crippen molar-refractivity contribution in [1.82, 2.24) is 5.32 Å². The summed E-state index contributed by atoms with van der Waals surface area (Å²) in [5.74, 6) is 0.898. The van der Waals surface area contributed by atoms with Crippen molar-refractivity contribution in [2.24, 2.45) is 0 Å². The van der Waals surface area contributed by atoms with E-state index in [1.165, 1.54) is 5.56 Å². The van der Waals surface area contributed by atoms with Crippen LogP contribution >= 0.6 is 15.9 Å². The molecule has 1 fully saturated rings. The summed E-state index contributed by atoms with van der Waals surface area (Å²) in [5.41, 5.74) is 1.24. The molecule has 1 aliphatic rings. The minimum atomic E-state index is 0.200. The summed E-state index contributed by atoms with van der Waals surface area (Å²) in [5, 5.41) is 3.12. The lowest BCUT2D eigenvalue weighted by molar-refractivity contribution is 0.141. The van der Waals surface area contributed by atoms with Gasteiger partial charge in [-0.25, -0.2) is 0 Å². The third kappa shape index (κ3) is 2.97. The van der Waals surface area contributed by atoms with E-state index in [2.05, 4.69) is 33.4 Å². The minimum absolute atomic E-state index is 0.200. The third-order valence-electron chi connectivity index (χ3n) is 2.56. The average molecular weight is 286 g/mol. The molecule has 16 heavy (non-hydrogen) atoms. The molecule has 3 nitrogen and oxygen atoms in total. The van der Waals surface area contributed by atoms with E-state index in [4.69, 9.17) is 9.47 Å². The Morgan fingerprint density at radius 3 is 3.06 bits per heavy atom. The van der Waals surface area contributed by atoms with Crippen LogP contribution < -0.4 is 10.1 Å². The van der Waals surface area contributed by atoms with Crippen molar-refractivity contribution >= 4 is 15.9 Å². The molecule has 1 aromatic rings. The molecule has 2 rings (SSSR count). The van der Waals surface area contributed by atoms with Crippen molar-refractivity contribution in [3.8, 4) is 5.75 Å². The molecule has 0 spiro atoms. The van der Waals surface area contributed by atoms with Gasteiger partial charge in [0.25, 0.3) is 0 Å². The van der Waals surface area contributed by atoms with Crippen LogP contribution in [-0.2, 0) is 11.3 Å². The van der Waals surface area contributed by atoms with Crippen LogP contribution in [0.1, 0.15) is 12.0 Å². The molecule has 1 aliphatic heterocycles. The fraction of sp³-hybridized carbons (Fsp3) is 0.500. The van der Waals surface area contributed by atoms with Gasteiger partial charge >= 0.3 is 0 Å². The number of hydrogen-bond acceptors (Lipinski definition) is 3. The molecule has 0 aliphatic carbocycles. The lowest BCUT2D eigenvalue weighted by Crippen LogP contribution is -2.16. The van der Waals surface area contributed by atoms with Crippen molar-refractivity contribution in [3.63, 3.8) is 0 Å². The van der Waals surface area contributed by atoms with E-state index in [1.54, 1.807) is 0 Å². The highest BCUT2D eigenvalue weighted by atomic mass is 79.9. The molecule has 1 saturated heterocycles. The number of nitrogens with one attached hydrogen (secondary N) is 1. The molecule has 88 valence electrons. The zero-order valence-electron chi connectivity index (χ0n) is 9.33. The van der Waals surface area contributed by atoms with Gasteiger partial charge < -0.3 is 14.8 Å². The summed E-state index contributed by atoms with van der Waals surface area (Å²) >= 11 is 3.53. The Balaban J connectivity index is 2.03. The largest absolute Gasteiger partial charge is 0.487 e. The first-order valence-electron chi connectivity index (χ1n) is 5.47. The maximum Gasteiger partial charge on any atom is 0.134 e. The highest BCUT2D eigenvalue weighted by molar-refractivity contribution is 9.10. The fourth-order valence-corrected chi connectivity index (χ4v) is 2.26. The van der Waals surface area contributed by atoms with Crippen molar-refractivity contribution < 1.29 is 9.47 Å². The summed E-state index contributed by atoms with van der Waals surface area (Å²) in [6, 6.07) is 6.17. The Morgan fingerprint density at radius 1 is 1.56 bits per heavy atom. The molecular formula is C12H16BrNO2. The predicted octanol–water partition coefficient (Wildman–Crippen LogP) is 2.34. The van der Waals surface area contributed by atoms with Crippen LogP contribution in [-0.4, -0.2) is 26.4 Å². The molecular weight excluding hydrogens is 270 g/mol. The molecule has 0 radical (unpaired) electrons. The SMILES string of the molecule is CNCc1ccc(OC2CCOC2)c(Br)c1. The zero-order chi connectivity index (χ0) is 11.4. The van der Waals surface area contributed by atoms with Gasteiger partial charge in [-0.1, -0.05) is 6.07 Å². The molecule has 1 heterocycles. The highest BCUT2D eigenvalue weighted by Gasteiger charge is 2.18. The molecule has 1 aromatic carbocycles. The van der Waals surface area contributed by atoms with Crippen LogP contribution in [0.3, 0.4) is 0 Å². The van der Waals surface area contributed by atoms with Crippen molar-refractivity contribution in [2.75, 3.05) is 20.3 Å². The monoisotopic (exact) mass is 285 g/mol. The fourth-order valence-electron chi connectivity index (χ4n) is 1.74. The van der Waals surface area contributed by atoms with E-state index in [0.29, 0.717) is 6.61 Å². The Labute approximate surface area is 104 Å². The standard InChI is InChI=1S/C12H16BrNO2/c1-14-7-9-2-3-12(11(13)6-9)16-10-4-5-15-8-10/h2-3,6,10,14H,4-5,7-8H2,1H3. The first-order valence-corrected chi connectivity index (χ1v) is 6.26. The van der Waals surface area contributed by atoms with Gasteiger partial charge in [-0.2, -0.15) is 0 Å². The smallest absolute Gasteiger partial charge is 0.134 e. The second kappa shape index (κ2) is 5.66. The number of rotatable bonds is 4. The molecule has 0 amide bonds. The van der Waals surface area contributed by atoms with E-state index < -0.39 is 0 Å². The van der Waals surface area contributed by atoms with Crippen LogP contribution in [0.25, 0.3) is 0 Å². The van der Waals surface area contributed by atoms with E-state index in [0.717, 1.165) is 29.8 Å². The van der Waals surface area contributed by atoms with Crippen LogP contribution in [0.15, 0.2) is 22.7 Å². The van der Waals surface area contributed by atoms with Gasteiger partial charge in [0.05, 0.1) is 17.7 Å². The Morgan fingerprint density at radius 2 is 2.44 bits per heavy atom. The van der Waals surface area contributed by atoms with E-state index in [9.17, 15) is 0 Å². The molecule has 0 saturated carbocycles. The third-order valence-corrected chi connectivity index (χ3v) is 3.18. The summed E-state index contributed by atoms with van der Waals surface area (Å²) in [4.78, 5) is 0. The van der Waals surface area contributed by atoms with Gasteiger partial charge in [0, 0.05) is 13.0 Å². The number of halogens is 1. The minimum Gasteiger partial charge on any atom is -0.487 e. The normalized spacial score (nSPS) is 20.0. The van der Waals surface area contributed by atoms with E-state index >= 15 is 0 Å². The number of hydrogen-bond donors (Lipinski definition) is 1. The zero-order valence-corrected chi connectivity index (χ0v) is 10.9. The second-order valence-electron chi connectivity index (χ2n) is 3.90. The van der Waals surface area contributed by atoms with E-state index in [-0.39, 0.29) is 6.10 Å². The Kier molecular flexibility index (Phi) is 4.21. The summed E-state index contributed by atoms with van der Waals surface area (Å²) in [6.07, 6.45) is 1.18. The first-order chi connectivity index (χ1) is 7.79. The topological polar surface area (TPSA) is 30.5 Å². The quantitative estimate of drug-likeness (QED) is 0.921. The maximum absolute atomic E-state index is 5.85. The summed E-state index contributed by atoms with van der Waals surface area (Å²) < 4.78 is 12.1. The van der Waals surface area contributed by atoms with Crippen LogP contribution in [0, 0.1) is 0 Å². The molecule has 1 unspecified atom stereocenters. The summed E-state index contributed by atoms with van der Waals surface area (Å²) in [7, 11) is 1.94. The molecule has 1 atom stereocenters. The molecule has 1 N–H and O–H groups in total.